The van der Waals surface area contributed by atoms with Gasteiger partial charge in [0.2, 0.25) is 10.0 Å². The second-order valence-electron chi connectivity index (χ2n) is 3.78. The Morgan fingerprint density at radius 2 is 2.12 bits per heavy atom. The summed E-state index contributed by atoms with van der Waals surface area (Å²) in [6, 6.07) is 8.29. The van der Waals surface area contributed by atoms with Crippen molar-refractivity contribution in [2.24, 2.45) is 5.73 Å². The summed E-state index contributed by atoms with van der Waals surface area (Å²) in [6.45, 7) is 1.92. The maximum Gasteiger partial charge on any atom is 0.216 e. The van der Waals surface area contributed by atoms with Crippen molar-refractivity contribution in [2.75, 3.05) is 6.54 Å². The van der Waals surface area contributed by atoms with Gasteiger partial charge >= 0.3 is 0 Å². The SMILES string of the molecule is C[C@H](CN)NS(=O)(=O)Cc1ccccc1C#N. The first kappa shape index (κ1) is 13.6. The van der Waals surface area contributed by atoms with Crippen molar-refractivity contribution in [2.45, 2.75) is 18.7 Å². The van der Waals surface area contributed by atoms with Crippen LogP contribution in [-0.4, -0.2) is 21.0 Å². The van der Waals surface area contributed by atoms with Gasteiger partial charge in [0.15, 0.2) is 0 Å². The van der Waals surface area contributed by atoms with E-state index < -0.39 is 10.0 Å². The lowest BCUT2D eigenvalue weighted by atomic mass is 10.1. The minimum Gasteiger partial charge on any atom is -0.329 e. The molecule has 0 unspecified atom stereocenters. The van der Waals surface area contributed by atoms with Crippen molar-refractivity contribution in [1.29, 1.82) is 5.26 Å². The van der Waals surface area contributed by atoms with Crippen molar-refractivity contribution in [1.82, 2.24) is 4.72 Å². The first-order valence-electron chi connectivity index (χ1n) is 5.16. The predicted molar refractivity (Wildman–Crippen MR) is 65.4 cm³/mol. The Labute approximate surface area is 101 Å². The van der Waals surface area contributed by atoms with Crippen LogP contribution in [0.5, 0.6) is 0 Å². The van der Waals surface area contributed by atoms with Crippen LogP contribution >= 0.6 is 0 Å². The molecule has 0 spiro atoms. The molecule has 6 heteroatoms. The van der Waals surface area contributed by atoms with Gasteiger partial charge in [0.1, 0.15) is 0 Å². The molecule has 0 aromatic heterocycles. The summed E-state index contributed by atoms with van der Waals surface area (Å²) < 4.78 is 26.0. The Hall–Kier alpha value is -1.42. The quantitative estimate of drug-likeness (QED) is 0.790. The zero-order valence-electron chi connectivity index (χ0n) is 9.55. The first-order valence-corrected chi connectivity index (χ1v) is 6.82. The lowest BCUT2D eigenvalue weighted by Crippen LogP contribution is -2.38. The molecule has 0 radical (unpaired) electrons. The largest absolute Gasteiger partial charge is 0.329 e. The van der Waals surface area contributed by atoms with Gasteiger partial charge in [-0.1, -0.05) is 18.2 Å². The zero-order chi connectivity index (χ0) is 12.9. The molecular weight excluding hydrogens is 238 g/mol. The summed E-state index contributed by atoms with van der Waals surface area (Å²) in [6.07, 6.45) is 0. The molecule has 5 nitrogen and oxygen atoms in total. The molecule has 92 valence electrons. The number of rotatable bonds is 5. The van der Waals surface area contributed by atoms with E-state index in [2.05, 4.69) is 4.72 Å². The number of nitrogens with two attached hydrogens (primary N) is 1. The van der Waals surface area contributed by atoms with Crippen LogP contribution in [0.2, 0.25) is 0 Å². The molecule has 1 rings (SSSR count). The molecule has 0 aliphatic carbocycles. The van der Waals surface area contributed by atoms with Gasteiger partial charge < -0.3 is 5.73 Å². The summed E-state index contributed by atoms with van der Waals surface area (Å²) >= 11 is 0. The van der Waals surface area contributed by atoms with Gasteiger partial charge in [-0.25, -0.2) is 13.1 Å². The van der Waals surface area contributed by atoms with Crippen LogP contribution in [0, 0.1) is 11.3 Å². The van der Waals surface area contributed by atoms with Gasteiger partial charge in [-0.15, -0.1) is 0 Å². The monoisotopic (exact) mass is 253 g/mol. The van der Waals surface area contributed by atoms with Crippen LogP contribution < -0.4 is 10.5 Å². The summed E-state index contributed by atoms with van der Waals surface area (Å²) in [7, 11) is -3.46. The summed E-state index contributed by atoms with van der Waals surface area (Å²) in [5.41, 5.74) is 6.22. The van der Waals surface area contributed by atoms with Crippen LogP contribution in [-0.2, 0) is 15.8 Å². The lowest BCUT2D eigenvalue weighted by molar-refractivity contribution is 0.562. The molecule has 0 heterocycles. The fourth-order valence-corrected chi connectivity index (χ4v) is 2.81. The maximum absolute atomic E-state index is 11.8. The Bertz CT molecular complexity index is 520. The summed E-state index contributed by atoms with van der Waals surface area (Å²) in [4.78, 5) is 0. The maximum atomic E-state index is 11.8. The number of hydrogen-bond donors (Lipinski definition) is 2. The molecule has 0 aliphatic rings. The number of nitrogens with one attached hydrogen (secondary N) is 1. The number of nitriles is 1. The Morgan fingerprint density at radius 1 is 1.47 bits per heavy atom. The highest BCUT2D eigenvalue weighted by atomic mass is 32.2. The van der Waals surface area contributed by atoms with Crippen LogP contribution in [0.15, 0.2) is 24.3 Å². The zero-order valence-corrected chi connectivity index (χ0v) is 10.4. The average Bonchev–Trinajstić information content (AvgIpc) is 2.28. The highest BCUT2D eigenvalue weighted by Crippen LogP contribution is 2.11. The van der Waals surface area contributed by atoms with E-state index >= 15 is 0 Å². The van der Waals surface area contributed by atoms with E-state index in [4.69, 9.17) is 11.0 Å². The third-order valence-corrected chi connectivity index (χ3v) is 3.67. The van der Waals surface area contributed by atoms with E-state index in [0.29, 0.717) is 11.1 Å². The van der Waals surface area contributed by atoms with Gasteiger partial charge in [0.25, 0.3) is 0 Å². The van der Waals surface area contributed by atoms with Crippen molar-refractivity contribution in [3.05, 3.63) is 35.4 Å². The molecule has 0 fully saturated rings. The molecule has 1 aromatic rings. The van der Waals surface area contributed by atoms with Gasteiger partial charge in [-0.3, -0.25) is 0 Å². The van der Waals surface area contributed by atoms with E-state index in [1.54, 1.807) is 31.2 Å². The third-order valence-electron chi connectivity index (χ3n) is 2.22. The van der Waals surface area contributed by atoms with Crippen LogP contribution in [0.4, 0.5) is 0 Å². The molecule has 17 heavy (non-hydrogen) atoms. The highest BCUT2D eigenvalue weighted by molar-refractivity contribution is 7.88. The van der Waals surface area contributed by atoms with E-state index in [1.165, 1.54) is 0 Å². The molecule has 0 saturated heterocycles. The van der Waals surface area contributed by atoms with E-state index in [9.17, 15) is 8.42 Å². The van der Waals surface area contributed by atoms with Crippen LogP contribution in [0.1, 0.15) is 18.1 Å². The smallest absolute Gasteiger partial charge is 0.216 e. The van der Waals surface area contributed by atoms with Crippen molar-refractivity contribution in [3.63, 3.8) is 0 Å². The summed E-state index contributed by atoms with van der Waals surface area (Å²) in [5.74, 6) is -0.207. The molecule has 1 atom stereocenters. The third kappa shape index (κ3) is 4.15. The fourth-order valence-electron chi connectivity index (χ4n) is 1.36. The van der Waals surface area contributed by atoms with Gasteiger partial charge in [-0.05, 0) is 18.6 Å². The number of benzene rings is 1. The number of sulfonamides is 1. The van der Waals surface area contributed by atoms with E-state index in [0.717, 1.165) is 0 Å². The average molecular weight is 253 g/mol. The standard InChI is InChI=1S/C11H15N3O2S/c1-9(6-12)14-17(15,16)8-11-5-3-2-4-10(11)7-13/h2-5,9,14H,6,8,12H2,1H3/t9-/m1/s1. The number of hydrogen-bond acceptors (Lipinski definition) is 4. The van der Waals surface area contributed by atoms with Crippen LogP contribution in [0.3, 0.4) is 0 Å². The fraction of sp³-hybridized carbons (Fsp3) is 0.364. The molecular formula is C11H15N3O2S. The lowest BCUT2D eigenvalue weighted by Gasteiger charge is -2.12. The Balaban J connectivity index is 2.88. The van der Waals surface area contributed by atoms with E-state index in [-0.39, 0.29) is 18.3 Å². The molecule has 1 aromatic carbocycles. The predicted octanol–water partition coefficient (Wildman–Crippen LogP) is 0.325. The van der Waals surface area contributed by atoms with Crippen molar-refractivity contribution >= 4 is 10.0 Å². The minimum absolute atomic E-state index is 0.207. The summed E-state index contributed by atoms with van der Waals surface area (Å²) in [5, 5.41) is 8.86. The van der Waals surface area contributed by atoms with Crippen molar-refractivity contribution < 1.29 is 8.42 Å². The van der Waals surface area contributed by atoms with Gasteiger partial charge in [0.05, 0.1) is 17.4 Å². The van der Waals surface area contributed by atoms with Crippen LogP contribution in [0.25, 0.3) is 0 Å². The normalized spacial score (nSPS) is 13.0. The molecule has 3 N–H and O–H groups in total. The second kappa shape index (κ2) is 5.77. The molecule has 0 aliphatic heterocycles. The topological polar surface area (TPSA) is 96.0 Å². The van der Waals surface area contributed by atoms with Gasteiger partial charge in [0, 0.05) is 12.6 Å². The Kier molecular flexibility index (Phi) is 4.63. The number of nitrogens with zero attached hydrogens (tertiary/aromatic N) is 1. The molecule has 0 saturated carbocycles. The first-order chi connectivity index (χ1) is 7.98. The molecule has 0 amide bonds. The molecule has 0 bridgehead atoms. The van der Waals surface area contributed by atoms with E-state index in [1.807, 2.05) is 6.07 Å². The van der Waals surface area contributed by atoms with Crippen molar-refractivity contribution in [3.8, 4) is 6.07 Å². The highest BCUT2D eigenvalue weighted by Gasteiger charge is 2.16. The Morgan fingerprint density at radius 3 is 2.71 bits per heavy atom. The minimum atomic E-state index is -3.46. The van der Waals surface area contributed by atoms with Gasteiger partial charge in [-0.2, -0.15) is 5.26 Å². The second-order valence-corrected chi connectivity index (χ2v) is 5.54.